The van der Waals surface area contributed by atoms with Crippen LogP contribution in [0.3, 0.4) is 0 Å². The molecular weight excluding hydrogens is 332 g/mol. The molecule has 1 atom stereocenters. The smallest absolute Gasteiger partial charge is 0.340 e. The van der Waals surface area contributed by atoms with Crippen molar-refractivity contribution in [3.05, 3.63) is 46.3 Å². The molecule has 0 radical (unpaired) electrons. The molecule has 140 valence electrons. The molecular formula is C20H26N2O4. The van der Waals surface area contributed by atoms with Gasteiger partial charge < -0.3 is 19.8 Å². The number of aromatic nitrogens is 1. The van der Waals surface area contributed by atoms with Crippen molar-refractivity contribution in [1.29, 1.82) is 0 Å². The van der Waals surface area contributed by atoms with E-state index in [1.165, 1.54) is 0 Å². The third-order valence-corrected chi connectivity index (χ3v) is 4.28. The number of Topliss-reactive ketones (excluding diaryl/α,β-unsaturated/α-hetero) is 1. The van der Waals surface area contributed by atoms with Crippen LogP contribution in [0.2, 0.25) is 0 Å². The highest BCUT2D eigenvalue weighted by atomic mass is 16.5. The number of methoxy groups -OCH3 is 1. The van der Waals surface area contributed by atoms with Crippen LogP contribution in [0.15, 0.2) is 18.2 Å². The molecule has 6 heteroatoms. The van der Waals surface area contributed by atoms with Crippen molar-refractivity contribution in [1.82, 2.24) is 4.98 Å². The monoisotopic (exact) mass is 358 g/mol. The number of aromatic amines is 1. The first-order chi connectivity index (χ1) is 12.3. The van der Waals surface area contributed by atoms with E-state index in [1.54, 1.807) is 34.8 Å². The molecule has 1 aromatic heterocycles. The zero-order valence-electron chi connectivity index (χ0n) is 16.1. The Bertz CT molecular complexity index is 823. The number of hydrogen-bond acceptors (Lipinski definition) is 5. The Hall–Kier alpha value is -2.76. The Morgan fingerprint density at radius 2 is 1.92 bits per heavy atom. The average Bonchev–Trinajstić information content (AvgIpc) is 2.89. The molecule has 0 bridgehead atoms. The summed E-state index contributed by atoms with van der Waals surface area (Å²) in [6.45, 7) is 9.31. The molecule has 0 fully saturated rings. The Morgan fingerprint density at radius 3 is 2.54 bits per heavy atom. The van der Waals surface area contributed by atoms with Crippen molar-refractivity contribution in [3.63, 3.8) is 0 Å². The number of H-pyrrole nitrogens is 1. The summed E-state index contributed by atoms with van der Waals surface area (Å²) in [5.74, 6) is 0.116. The second kappa shape index (κ2) is 8.08. The summed E-state index contributed by atoms with van der Waals surface area (Å²) >= 11 is 0. The van der Waals surface area contributed by atoms with Crippen molar-refractivity contribution in [2.45, 2.75) is 40.7 Å². The van der Waals surface area contributed by atoms with Crippen molar-refractivity contribution in [3.8, 4) is 5.75 Å². The van der Waals surface area contributed by atoms with Gasteiger partial charge in [0.05, 0.1) is 36.7 Å². The first kappa shape index (κ1) is 19.6. The molecule has 0 aliphatic rings. The Balaban J connectivity index is 2.28. The standard InChI is InChI=1S/C20H26N2O4/c1-7-26-20(24)17-12(3)18(22-13(17)4)19(23)14(5)21-15-10-11(2)8-9-16(15)25-6/h8-10,14,21-22H,7H2,1-6H3/t14-/m0/s1. The zero-order chi connectivity index (χ0) is 19.4. The van der Waals surface area contributed by atoms with Gasteiger partial charge in [0, 0.05) is 5.69 Å². The third kappa shape index (κ3) is 3.90. The van der Waals surface area contributed by atoms with Crippen LogP contribution in [0.4, 0.5) is 5.69 Å². The highest BCUT2D eigenvalue weighted by molar-refractivity contribution is 6.04. The molecule has 2 rings (SSSR count). The van der Waals surface area contributed by atoms with Gasteiger partial charge in [0.1, 0.15) is 5.75 Å². The fraction of sp³-hybridized carbons (Fsp3) is 0.400. The lowest BCUT2D eigenvalue weighted by atomic mass is 10.0. The molecule has 1 heterocycles. The van der Waals surface area contributed by atoms with Gasteiger partial charge >= 0.3 is 5.97 Å². The zero-order valence-corrected chi connectivity index (χ0v) is 16.1. The maximum Gasteiger partial charge on any atom is 0.340 e. The molecule has 2 aromatic rings. The van der Waals surface area contributed by atoms with Crippen molar-refractivity contribution < 1.29 is 19.1 Å². The van der Waals surface area contributed by atoms with Gasteiger partial charge in [-0.2, -0.15) is 0 Å². The number of benzene rings is 1. The lowest BCUT2D eigenvalue weighted by molar-refractivity contribution is 0.0525. The summed E-state index contributed by atoms with van der Waals surface area (Å²) in [5.41, 5.74) is 3.89. The minimum Gasteiger partial charge on any atom is -0.495 e. The van der Waals surface area contributed by atoms with E-state index in [1.807, 2.05) is 25.1 Å². The number of anilines is 1. The maximum atomic E-state index is 12.9. The predicted molar refractivity (Wildman–Crippen MR) is 101 cm³/mol. The van der Waals surface area contributed by atoms with Crippen molar-refractivity contribution in [2.24, 2.45) is 0 Å². The summed E-state index contributed by atoms with van der Waals surface area (Å²) in [6.07, 6.45) is 0. The number of carbonyl (C=O) groups is 2. The van der Waals surface area contributed by atoms with Crippen molar-refractivity contribution in [2.75, 3.05) is 19.0 Å². The molecule has 2 N–H and O–H groups in total. The molecule has 0 aliphatic heterocycles. The molecule has 0 aliphatic carbocycles. The quantitative estimate of drug-likeness (QED) is 0.581. The first-order valence-electron chi connectivity index (χ1n) is 8.61. The summed E-state index contributed by atoms with van der Waals surface area (Å²) < 4.78 is 10.4. The van der Waals surface area contributed by atoms with Gasteiger partial charge in [0.15, 0.2) is 0 Å². The number of rotatable bonds is 7. The Morgan fingerprint density at radius 1 is 1.23 bits per heavy atom. The summed E-state index contributed by atoms with van der Waals surface area (Å²) in [4.78, 5) is 28.1. The second-order valence-electron chi connectivity index (χ2n) is 6.28. The highest BCUT2D eigenvalue weighted by Crippen LogP contribution is 2.27. The van der Waals surface area contributed by atoms with Crippen LogP contribution in [0.25, 0.3) is 0 Å². The van der Waals surface area contributed by atoms with Crippen LogP contribution < -0.4 is 10.1 Å². The molecule has 0 spiro atoms. The van der Waals surface area contributed by atoms with E-state index in [9.17, 15) is 9.59 Å². The van der Waals surface area contributed by atoms with Gasteiger partial charge in [-0.25, -0.2) is 4.79 Å². The van der Waals surface area contributed by atoms with E-state index >= 15 is 0 Å². The van der Waals surface area contributed by atoms with Crippen LogP contribution in [0.5, 0.6) is 5.75 Å². The van der Waals surface area contributed by atoms with Crippen LogP contribution in [-0.4, -0.2) is 36.5 Å². The number of ether oxygens (including phenoxy) is 2. The van der Waals surface area contributed by atoms with Gasteiger partial charge in [0.2, 0.25) is 5.78 Å². The lowest BCUT2D eigenvalue weighted by Gasteiger charge is -2.17. The number of nitrogens with one attached hydrogen (secondary N) is 2. The molecule has 1 aromatic carbocycles. The molecule has 0 unspecified atom stereocenters. The van der Waals surface area contributed by atoms with Gasteiger partial charge in [-0.15, -0.1) is 0 Å². The van der Waals surface area contributed by atoms with E-state index in [0.717, 1.165) is 11.3 Å². The normalized spacial score (nSPS) is 11.8. The number of esters is 1. The van der Waals surface area contributed by atoms with Crippen LogP contribution in [0, 0.1) is 20.8 Å². The van der Waals surface area contributed by atoms with E-state index in [4.69, 9.17) is 9.47 Å². The number of aryl methyl sites for hydroxylation is 2. The van der Waals surface area contributed by atoms with Gasteiger partial charge in [-0.3, -0.25) is 4.79 Å². The fourth-order valence-electron chi connectivity index (χ4n) is 2.96. The maximum absolute atomic E-state index is 12.9. The van der Waals surface area contributed by atoms with Crippen molar-refractivity contribution >= 4 is 17.4 Å². The minimum atomic E-state index is -0.502. The number of ketones is 1. The highest BCUT2D eigenvalue weighted by Gasteiger charge is 2.26. The Kier molecular flexibility index (Phi) is 6.08. The number of hydrogen-bond donors (Lipinski definition) is 2. The fourth-order valence-corrected chi connectivity index (χ4v) is 2.96. The summed E-state index contributed by atoms with van der Waals surface area (Å²) in [5, 5.41) is 3.20. The molecule has 6 nitrogen and oxygen atoms in total. The largest absolute Gasteiger partial charge is 0.495 e. The minimum absolute atomic E-state index is 0.135. The van der Waals surface area contributed by atoms with E-state index < -0.39 is 12.0 Å². The molecule has 0 amide bonds. The van der Waals surface area contributed by atoms with Gasteiger partial charge in [0.25, 0.3) is 0 Å². The van der Waals surface area contributed by atoms with E-state index in [0.29, 0.717) is 28.3 Å². The van der Waals surface area contributed by atoms with Crippen LogP contribution >= 0.6 is 0 Å². The van der Waals surface area contributed by atoms with Gasteiger partial charge in [-0.05, 0) is 57.9 Å². The predicted octanol–water partition coefficient (Wildman–Crippen LogP) is 3.81. The molecule has 26 heavy (non-hydrogen) atoms. The molecule has 0 saturated carbocycles. The topological polar surface area (TPSA) is 80.4 Å². The van der Waals surface area contributed by atoms with E-state index in [2.05, 4.69) is 10.3 Å². The third-order valence-electron chi connectivity index (χ3n) is 4.28. The average molecular weight is 358 g/mol. The summed E-state index contributed by atoms with van der Waals surface area (Å²) in [6, 6.07) is 5.23. The summed E-state index contributed by atoms with van der Waals surface area (Å²) in [7, 11) is 1.59. The van der Waals surface area contributed by atoms with E-state index in [-0.39, 0.29) is 12.4 Å². The van der Waals surface area contributed by atoms with Gasteiger partial charge in [-0.1, -0.05) is 6.07 Å². The second-order valence-corrected chi connectivity index (χ2v) is 6.28. The Labute approximate surface area is 153 Å². The molecule has 0 saturated heterocycles. The SMILES string of the molecule is CCOC(=O)c1c(C)[nH]c(C(=O)[C@H](C)Nc2cc(C)ccc2OC)c1C. The number of carbonyl (C=O) groups excluding carboxylic acids is 2. The first-order valence-corrected chi connectivity index (χ1v) is 8.61. The van der Waals surface area contributed by atoms with Crippen LogP contribution in [0.1, 0.15) is 51.5 Å². The van der Waals surface area contributed by atoms with Crippen LogP contribution in [-0.2, 0) is 4.74 Å². The lowest BCUT2D eigenvalue weighted by Crippen LogP contribution is -2.27.